The number of hydrogen-bond acceptors (Lipinski definition) is 2. The molecule has 0 saturated carbocycles. The van der Waals surface area contributed by atoms with Crippen molar-refractivity contribution in [1.82, 2.24) is 4.98 Å². The Bertz CT molecular complexity index is 610. The Morgan fingerprint density at radius 3 is 2.59 bits per heavy atom. The Morgan fingerprint density at radius 1 is 1.24 bits per heavy atom. The second kappa shape index (κ2) is 4.59. The number of H-pyrrole nitrogens is 1. The minimum Gasteiger partial charge on any atom is -0.494 e. The Labute approximate surface area is 102 Å². The van der Waals surface area contributed by atoms with Gasteiger partial charge in [-0.3, -0.25) is 4.79 Å². The molecule has 1 N–H and O–H groups in total. The van der Waals surface area contributed by atoms with Gasteiger partial charge in [-0.25, -0.2) is 4.39 Å². The number of pyridine rings is 1. The number of nitrogens with one attached hydrogen (secondary N) is 1. The predicted octanol–water partition coefficient (Wildman–Crippen LogP) is 2.84. The normalized spacial score (nSPS) is 10.3. The quantitative estimate of drug-likeness (QED) is 0.837. The maximum Gasteiger partial charge on any atom is 0.249 e. The van der Waals surface area contributed by atoms with E-state index in [1.807, 2.05) is 0 Å². The van der Waals surface area contributed by atoms with Gasteiger partial charge in [0.2, 0.25) is 5.56 Å². The van der Waals surface area contributed by atoms with Crippen LogP contribution in [-0.4, -0.2) is 12.1 Å². The Balaban J connectivity index is 2.53. The second-order valence-electron chi connectivity index (χ2n) is 3.43. The predicted molar refractivity (Wildman–Crippen MR) is 64.0 cm³/mol. The van der Waals surface area contributed by atoms with Gasteiger partial charge in [-0.1, -0.05) is 17.7 Å². The third-order valence-electron chi connectivity index (χ3n) is 2.30. The van der Waals surface area contributed by atoms with Crippen LogP contribution in [0.5, 0.6) is 5.75 Å². The molecule has 1 aromatic carbocycles. The number of methoxy groups -OCH3 is 1. The summed E-state index contributed by atoms with van der Waals surface area (Å²) in [5.41, 5.74) is 0.792. The second-order valence-corrected chi connectivity index (χ2v) is 3.84. The van der Waals surface area contributed by atoms with Gasteiger partial charge in [0.1, 0.15) is 5.15 Å². The van der Waals surface area contributed by atoms with Gasteiger partial charge in [0.15, 0.2) is 11.6 Å². The van der Waals surface area contributed by atoms with Gasteiger partial charge in [0, 0.05) is 6.07 Å². The molecule has 0 aliphatic rings. The van der Waals surface area contributed by atoms with E-state index in [2.05, 4.69) is 4.98 Å². The van der Waals surface area contributed by atoms with Crippen molar-refractivity contribution >= 4 is 11.6 Å². The highest BCUT2D eigenvalue weighted by Crippen LogP contribution is 2.25. The summed E-state index contributed by atoms with van der Waals surface area (Å²) in [5, 5.41) is 0.212. The van der Waals surface area contributed by atoms with Crippen molar-refractivity contribution in [2.24, 2.45) is 0 Å². The lowest BCUT2D eigenvalue weighted by Gasteiger charge is -2.05. The zero-order valence-corrected chi connectivity index (χ0v) is 9.72. The largest absolute Gasteiger partial charge is 0.494 e. The molecule has 88 valence electrons. The molecule has 1 aromatic heterocycles. The maximum atomic E-state index is 13.5. The summed E-state index contributed by atoms with van der Waals surface area (Å²) in [6, 6.07) is 7.37. The molecular formula is C12H9ClFNO2. The fourth-order valence-corrected chi connectivity index (χ4v) is 1.73. The summed E-state index contributed by atoms with van der Waals surface area (Å²) >= 11 is 5.72. The highest BCUT2D eigenvalue weighted by molar-refractivity contribution is 6.29. The summed E-state index contributed by atoms with van der Waals surface area (Å²) in [5.74, 6) is -0.328. The summed E-state index contributed by atoms with van der Waals surface area (Å²) in [7, 11) is 1.39. The van der Waals surface area contributed by atoms with Crippen LogP contribution in [0.3, 0.4) is 0 Å². The number of halogens is 2. The van der Waals surface area contributed by atoms with E-state index in [0.717, 1.165) is 0 Å². The minimum atomic E-state index is -0.485. The van der Waals surface area contributed by atoms with E-state index < -0.39 is 5.82 Å². The fourth-order valence-electron chi connectivity index (χ4n) is 1.52. The summed E-state index contributed by atoms with van der Waals surface area (Å²) in [4.78, 5) is 13.6. The average molecular weight is 254 g/mol. The lowest BCUT2D eigenvalue weighted by atomic mass is 10.1. The number of rotatable bonds is 2. The zero-order chi connectivity index (χ0) is 12.4. The first-order valence-electron chi connectivity index (χ1n) is 4.84. The highest BCUT2D eigenvalue weighted by atomic mass is 35.5. The summed E-state index contributed by atoms with van der Waals surface area (Å²) < 4.78 is 18.3. The molecule has 0 amide bonds. The van der Waals surface area contributed by atoms with Crippen LogP contribution in [0.25, 0.3) is 11.1 Å². The van der Waals surface area contributed by atoms with Crippen LogP contribution in [-0.2, 0) is 0 Å². The van der Waals surface area contributed by atoms with Gasteiger partial charge >= 0.3 is 0 Å². The maximum absolute atomic E-state index is 13.5. The third-order valence-corrected chi connectivity index (χ3v) is 2.50. The van der Waals surface area contributed by atoms with Crippen molar-refractivity contribution in [3.63, 3.8) is 0 Å². The van der Waals surface area contributed by atoms with Crippen LogP contribution >= 0.6 is 11.6 Å². The van der Waals surface area contributed by atoms with Gasteiger partial charge < -0.3 is 9.72 Å². The molecule has 0 bridgehead atoms. The Kier molecular flexibility index (Phi) is 3.15. The van der Waals surface area contributed by atoms with Crippen molar-refractivity contribution in [2.75, 3.05) is 7.11 Å². The average Bonchev–Trinajstić information content (AvgIpc) is 2.27. The molecule has 1 heterocycles. The molecule has 0 saturated heterocycles. The molecular weight excluding hydrogens is 245 g/mol. The van der Waals surface area contributed by atoms with Crippen molar-refractivity contribution in [2.45, 2.75) is 0 Å². The van der Waals surface area contributed by atoms with Crippen molar-refractivity contribution in [1.29, 1.82) is 0 Å². The number of hydrogen-bond donors (Lipinski definition) is 1. The monoisotopic (exact) mass is 253 g/mol. The topological polar surface area (TPSA) is 42.1 Å². The summed E-state index contributed by atoms with van der Waals surface area (Å²) in [6.07, 6.45) is 0. The molecule has 0 aliphatic heterocycles. The molecule has 17 heavy (non-hydrogen) atoms. The van der Waals surface area contributed by atoms with Gasteiger partial charge in [0.05, 0.1) is 7.11 Å². The number of aromatic nitrogens is 1. The van der Waals surface area contributed by atoms with E-state index in [0.29, 0.717) is 11.1 Å². The Morgan fingerprint density at radius 2 is 2.00 bits per heavy atom. The number of benzene rings is 1. The molecule has 0 radical (unpaired) electrons. The van der Waals surface area contributed by atoms with Crippen LogP contribution < -0.4 is 10.3 Å². The van der Waals surface area contributed by atoms with E-state index in [4.69, 9.17) is 16.3 Å². The van der Waals surface area contributed by atoms with Gasteiger partial charge in [-0.2, -0.15) is 0 Å². The van der Waals surface area contributed by atoms with E-state index in [1.165, 1.54) is 25.3 Å². The molecule has 0 atom stereocenters. The first kappa shape index (κ1) is 11.7. The minimum absolute atomic E-state index is 0.157. The van der Waals surface area contributed by atoms with E-state index in [9.17, 15) is 9.18 Å². The van der Waals surface area contributed by atoms with Crippen molar-refractivity contribution in [3.05, 3.63) is 51.7 Å². The zero-order valence-electron chi connectivity index (χ0n) is 8.96. The first-order valence-corrected chi connectivity index (χ1v) is 5.22. The molecule has 0 unspecified atom stereocenters. The molecule has 2 rings (SSSR count). The van der Waals surface area contributed by atoms with Crippen LogP contribution in [0.1, 0.15) is 0 Å². The SMILES string of the molecule is COc1ccc(-c2cc(Cl)[nH]c(=O)c2)cc1F. The lowest BCUT2D eigenvalue weighted by Crippen LogP contribution is -2.03. The van der Waals surface area contributed by atoms with Crippen molar-refractivity contribution in [3.8, 4) is 16.9 Å². The number of aromatic amines is 1. The molecule has 3 nitrogen and oxygen atoms in total. The smallest absolute Gasteiger partial charge is 0.249 e. The van der Waals surface area contributed by atoms with Crippen LogP contribution in [0.2, 0.25) is 5.15 Å². The van der Waals surface area contributed by atoms with Gasteiger partial charge in [-0.15, -0.1) is 0 Å². The lowest BCUT2D eigenvalue weighted by molar-refractivity contribution is 0.386. The standard InChI is InChI=1S/C12H9ClFNO2/c1-17-10-3-2-7(4-9(10)14)8-5-11(13)15-12(16)6-8/h2-6H,1H3,(H,15,16). The van der Waals surface area contributed by atoms with Crippen LogP contribution in [0, 0.1) is 5.82 Å². The van der Waals surface area contributed by atoms with E-state index in [-0.39, 0.29) is 16.5 Å². The van der Waals surface area contributed by atoms with Gasteiger partial charge in [-0.05, 0) is 29.3 Å². The fraction of sp³-hybridized carbons (Fsp3) is 0.0833. The summed E-state index contributed by atoms with van der Waals surface area (Å²) in [6.45, 7) is 0. The Hall–Kier alpha value is -1.81. The highest BCUT2D eigenvalue weighted by Gasteiger charge is 2.06. The first-order chi connectivity index (χ1) is 8.10. The van der Waals surface area contributed by atoms with E-state index in [1.54, 1.807) is 12.1 Å². The van der Waals surface area contributed by atoms with E-state index >= 15 is 0 Å². The van der Waals surface area contributed by atoms with Crippen LogP contribution in [0.15, 0.2) is 35.1 Å². The van der Waals surface area contributed by atoms with Gasteiger partial charge in [0.25, 0.3) is 0 Å². The molecule has 5 heteroatoms. The molecule has 2 aromatic rings. The molecule has 0 aliphatic carbocycles. The third kappa shape index (κ3) is 2.47. The molecule has 0 fully saturated rings. The number of ether oxygens (including phenoxy) is 1. The molecule has 0 spiro atoms. The van der Waals surface area contributed by atoms with Crippen LogP contribution in [0.4, 0.5) is 4.39 Å². The van der Waals surface area contributed by atoms with Crippen molar-refractivity contribution < 1.29 is 9.13 Å².